The van der Waals surface area contributed by atoms with Gasteiger partial charge < -0.3 is 10.0 Å². The van der Waals surface area contributed by atoms with E-state index in [2.05, 4.69) is 9.97 Å². The molecule has 1 heterocycles. The normalized spacial score (nSPS) is 17.5. The first-order valence-electron chi connectivity index (χ1n) is 6.77. The minimum absolute atomic E-state index is 0.326. The molecule has 2 rings (SSSR count). The highest BCUT2D eigenvalue weighted by Gasteiger charge is 2.45. The van der Waals surface area contributed by atoms with E-state index < -0.39 is 11.5 Å². The topological polar surface area (TPSA) is 83.4 Å². The van der Waals surface area contributed by atoms with Gasteiger partial charge in [0.25, 0.3) is 5.91 Å². The molecule has 1 aliphatic rings. The third-order valence-corrected chi connectivity index (χ3v) is 4.17. The zero-order valence-electron chi connectivity index (χ0n) is 11.8. The van der Waals surface area contributed by atoms with Crippen LogP contribution in [0.4, 0.5) is 0 Å². The Kier molecular flexibility index (Phi) is 4.01. The average Bonchev–Trinajstić information content (AvgIpc) is 2.47. The number of carboxylic acids is 1. The summed E-state index contributed by atoms with van der Waals surface area (Å²) >= 11 is 0. The van der Waals surface area contributed by atoms with E-state index in [9.17, 15) is 14.7 Å². The lowest BCUT2D eigenvalue weighted by atomic mass is 9.80. The molecule has 0 aliphatic heterocycles. The third-order valence-electron chi connectivity index (χ3n) is 4.17. The first-order valence-corrected chi connectivity index (χ1v) is 6.77. The minimum Gasteiger partial charge on any atom is -0.479 e. The highest BCUT2D eigenvalue weighted by atomic mass is 16.4. The molecule has 0 saturated heterocycles. The Hall–Kier alpha value is -1.98. The number of aromatic nitrogens is 2. The van der Waals surface area contributed by atoms with Crippen LogP contribution in [0.15, 0.2) is 12.5 Å². The van der Waals surface area contributed by atoms with Crippen LogP contribution in [0.25, 0.3) is 0 Å². The minimum atomic E-state index is -1.10. The summed E-state index contributed by atoms with van der Waals surface area (Å²) in [6, 6.07) is 0. The van der Waals surface area contributed by atoms with Gasteiger partial charge in [0, 0.05) is 13.2 Å². The number of nitrogens with zero attached hydrogens (tertiary/aromatic N) is 3. The predicted molar refractivity (Wildman–Crippen MR) is 72.3 cm³/mol. The smallest absolute Gasteiger partial charge is 0.329 e. The lowest BCUT2D eigenvalue weighted by Crippen LogP contribution is -2.56. The third kappa shape index (κ3) is 2.37. The summed E-state index contributed by atoms with van der Waals surface area (Å²) in [5, 5.41) is 9.60. The summed E-state index contributed by atoms with van der Waals surface area (Å²) in [7, 11) is 1.56. The van der Waals surface area contributed by atoms with Crippen LogP contribution < -0.4 is 0 Å². The molecule has 1 amide bonds. The molecule has 1 N–H and O–H groups in total. The summed E-state index contributed by atoms with van der Waals surface area (Å²) in [5.74, 6) is -1.25. The molecule has 0 bridgehead atoms. The molecule has 6 heteroatoms. The fourth-order valence-electron chi connectivity index (χ4n) is 2.81. The second-order valence-corrected chi connectivity index (χ2v) is 5.28. The molecule has 6 nitrogen and oxygen atoms in total. The number of amides is 1. The number of hydrogen-bond acceptors (Lipinski definition) is 4. The van der Waals surface area contributed by atoms with Crippen molar-refractivity contribution in [3.63, 3.8) is 0 Å². The number of aliphatic carboxylic acids is 1. The zero-order valence-corrected chi connectivity index (χ0v) is 11.8. The van der Waals surface area contributed by atoms with Gasteiger partial charge in [-0.05, 0) is 19.8 Å². The van der Waals surface area contributed by atoms with Gasteiger partial charge in [0.2, 0.25) is 0 Å². The van der Waals surface area contributed by atoms with Gasteiger partial charge in [-0.15, -0.1) is 0 Å². The van der Waals surface area contributed by atoms with Crippen molar-refractivity contribution in [3.8, 4) is 0 Å². The number of hydrogen-bond donors (Lipinski definition) is 1. The van der Waals surface area contributed by atoms with Crippen LogP contribution in [0.5, 0.6) is 0 Å². The van der Waals surface area contributed by atoms with E-state index in [0.717, 1.165) is 19.3 Å². The van der Waals surface area contributed by atoms with E-state index in [-0.39, 0.29) is 5.91 Å². The van der Waals surface area contributed by atoms with Crippen LogP contribution in [-0.2, 0) is 4.79 Å². The van der Waals surface area contributed by atoms with Gasteiger partial charge in [-0.1, -0.05) is 19.3 Å². The van der Waals surface area contributed by atoms with Crippen molar-refractivity contribution in [1.82, 2.24) is 14.9 Å². The molecule has 108 valence electrons. The van der Waals surface area contributed by atoms with E-state index in [0.29, 0.717) is 24.1 Å². The molecule has 0 atom stereocenters. The second kappa shape index (κ2) is 5.56. The number of rotatable bonds is 3. The molecular formula is C14H19N3O3. The van der Waals surface area contributed by atoms with Gasteiger partial charge in [-0.3, -0.25) is 4.79 Å². The molecule has 0 spiro atoms. The van der Waals surface area contributed by atoms with Gasteiger partial charge in [0.1, 0.15) is 11.9 Å². The standard InChI is InChI=1S/C14H19N3O3/c1-10-11(8-15-9-16-10)12(18)17(2)14(13(19)20)6-4-3-5-7-14/h8-9H,3-7H2,1-2H3,(H,19,20). The molecular weight excluding hydrogens is 258 g/mol. The van der Waals surface area contributed by atoms with E-state index >= 15 is 0 Å². The summed E-state index contributed by atoms with van der Waals surface area (Å²) in [4.78, 5) is 33.5. The molecule has 1 aromatic heterocycles. The van der Waals surface area contributed by atoms with Crippen molar-refractivity contribution in [3.05, 3.63) is 23.8 Å². The van der Waals surface area contributed by atoms with Crippen molar-refractivity contribution in [2.75, 3.05) is 7.05 Å². The van der Waals surface area contributed by atoms with Gasteiger partial charge in [0.15, 0.2) is 0 Å². The first kappa shape index (κ1) is 14.4. The second-order valence-electron chi connectivity index (χ2n) is 5.28. The number of carbonyl (C=O) groups is 2. The summed E-state index contributed by atoms with van der Waals surface area (Å²) in [6.07, 6.45) is 6.49. The monoisotopic (exact) mass is 277 g/mol. The molecule has 0 radical (unpaired) electrons. The fraction of sp³-hybridized carbons (Fsp3) is 0.571. The Morgan fingerprint density at radius 1 is 1.30 bits per heavy atom. The van der Waals surface area contributed by atoms with E-state index in [1.165, 1.54) is 17.4 Å². The number of carbonyl (C=O) groups excluding carboxylic acids is 1. The molecule has 0 unspecified atom stereocenters. The van der Waals surface area contributed by atoms with E-state index in [1.54, 1.807) is 14.0 Å². The van der Waals surface area contributed by atoms with Gasteiger partial charge >= 0.3 is 5.97 Å². The first-order chi connectivity index (χ1) is 9.49. The van der Waals surface area contributed by atoms with Gasteiger partial charge in [-0.2, -0.15) is 0 Å². The lowest BCUT2D eigenvalue weighted by Gasteiger charge is -2.41. The molecule has 20 heavy (non-hydrogen) atoms. The average molecular weight is 277 g/mol. The van der Waals surface area contributed by atoms with Crippen molar-refractivity contribution < 1.29 is 14.7 Å². The van der Waals surface area contributed by atoms with Gasteiger partial charge in [0.05, 0.1) is 11.3 Å². The highest BCUT2D eigenvalue weighted by molar-refractivity contribution is 5.98. The van der Waals surface area contributed by atoms with Gasteiger partial charge in [-0.25, -0.2) is 14.8 Å². The maximum absolute atomic E-state index is 12.6. The fourth-order valence-corrected chi connectivity index (χ4v) is 2.81. The molecule has 1 aliphatic carbocycles. The van der Waals surface area contributed by atoms with Crippen molar-refractivity contribution in [2.24, 2.45) is 0 Å². The Balaban J connectivity index is 2.33. The van der Waals surface area contributed by atoms with Crippen LogP contribution in [0, 0.1) is 6.92 Å². The Bertz CT molecular complexity index is 524. The highest BCUT2D eigenvalue weighted by Crippen LogP contribution is 2.34. The molecule has 1 fully saturated rings. The Morgan fingerprint density at radius 3 is 2.50 bits per heavy atom. The maximum Gasteiger partial charge on any atom is 0.329 e. The van der Waals surface area contributed by atoms with Crippen LogP contribution in [0.2, 0.25) is 0 Å². The van der Waals surface area contributed by atoms with Crippen molar-refractivity contribution >= 4 is 11.9 Å². The largest absolute Gasteiger partial charge is 0.479 e. The molecule has 0 aromatic carbocycles. The summed E-state index contributed by atoms with van der Waals surface area (Å²) in [6.45, 7) is 1.72. The molecule has 1 saturated carbocycles. The summed E-state index contributed by atoms with van der Waals surface area (Å²) in [5.41, 5.74) is -0.174. The number of aryl methyl sites for hydroxylation is 1. The molecule has 1 aromatic rings. The van der Waals surface area contributed by atoms with E-state index in [1.807, 2.05) is 0 Å². The van der Waals surface area contributed by atoms with Crippen LogP contribution in [0.3, 0.4) is 0 Å². The van der Waals surface area contributed by atoms with Crippen molar-refractivity contribution in [1.29, 1.82) is 0 Å². The maximum atomic E-state index is 12.6. The zero-order chi connectivity index (χ0) is 14.8. The quantitative estimate of drug-likeness (QED) is 0.908. The van der Waals surface area contributed by atoms with Crippen LogP contribution in [0.1, 0.15) is 48.2 Å². The number of likely N-dealkylation sites (N-methyl/N-ethyl adjacent to an activating group) is 1. The van der Waals surface area contributed by atoms with Crippen molar-refractivity contribution in [2.45, 2.75) is 44.6 Å². The summed E-state index contributed by atoms with van der Waals surface area (Å²) < 4.78 is 0. The lowest BCUT2D eigenvalue weighted by molar-refractivity contribution is -0.151. The Morgan fingerprint density at radius 2 is 1.95 bits per heavy atom. The van der Waals surface area contributed by atoms with Crippen LogP contribution >= 0.6 is 0 Å². The van der Waals surface area contributed by atoms with Crippen LogP contribution in [-0.4, -0.2) is 44.4 Å². The number of carboxylic acid groups (broad SMARTS) is 1. The Labute approximate surface area is 117 Å². The van der Waals surface area contributed by atoms with E-state index in [4.69, 9.17) is 0 Å². The predicted octanol–water partition coefficient (Wildman–Crippen LogP) is 1.64. The SMILES string of the molecule is Cc1ncncc1C(=O)N(C)C1(C(=O)O)CCCCC1.